The number of aliphatic hydroxyl groups excluding tert-OH is 1. The molecular formula is C18H14ClIO. The Labute approximate surface area is 142 Å². The molecule has 0 amide bonds. The Balaban J connectivity index is 1.85. The van der Waals surface area contributed by atoms with Crippen molar-refractivity contribution < 1.29 is 5.11 Å². The minimum Gasteiger partial charge on any atom is -0.388 e. The molecule has 1 N–H and O–H groups in total. The lowest BCUT2D eigenvalue weighted by molar-refractivity contribution is 0.178. The van der Waals surface area contributed by atoms with Gasteiger partial charge in [0.1, 0.15) is 0 Å². The molecule has 1 atom stereocenters. The van der Waals surface area contributed by atoms with Gasteiger partial charge in [-0.25, -0.2) is 0 Å². The summed E-state index contributed by atoms with van der Waals surface area (Å²) in [4.78, 5) is 0. The zero-order valence-corrected chi connectivity index (χ0v) is 14.2. The molecule has 3 aromatic carbocycles. The van der Waals surface area contributed by atoms with Crippen molar-refractivity contribution in [1.82, 2.24) is 0 Å². The van der Waals surface area contributed by atoms with Crippen molar-refractivity contribution >= 4 is 45.0 Å². The largest absolute Gasteiger partial charge is 0.388 e. The van der Waals surface area contributed by atoms with Crippen LogP contribution in [0.2, 0.25) is 5.02 Å². The fourth-order valence-electron chi connectivity index (χ4n) is 2.43. The molecule has 106 valence electrons. The van der Waals surface area contributed by atoms with Gasteiger partial charge >= 0.3 is 0 Å². The Hall–Kier alpha value is -1.10. The predicted octanol–water partition coefficient (Wildman–Crippen LogP) is 5.37. The normalized spacial score (nSPS) is 12.5. The quantitative estimate of drug-likeness (QED) is 0.577. The molecule has 0 aliphatic carbocycles. The average molecular weight is 409 g/mol. The number of fused-ring (bicyclic) bond motifs is 1. The third kappa shape index (κ3) is 3.39. The Bertz CT molecular complexity index is 785. The second kappa shape index (κ2) is 6.34. The highest BCUT2D eigenvalue weighted by atomic mass is 127. The van der Waals surface area contributed by atoms with Gasteiger partial charge in [-0.05, 0) is 56.6 Å². The molecule has 3 rings (SSSR count). The van der Waals surface area contributed by atoms with Gasteiger partial charge in [-0.1, -0.05) is 60.1 Å². The summed E-state index contributed by atoms with van der Waals surface area (Å²) in [6.45, 7) is 0. The molecule has 0 radical (unpaired) electrons. The molecule has 0 fully saturated rings. The highest BCUT2D eigenvalue weighted by molar-refractivity contribution is 14.1. The van der Waals surface area contributed by atoms with Crippen molar-refractivity contribution in [2.24, 2.45) is 0 Å². The molecule has 21 heavy (non-hydrogen) atoms. The van der Waals surface area contributed by atoms with Crippen LogP contribution in [-0.2, 0) is 6.42 Å². The van der Waals surface area contributed by atoms with E-state index in [9.17, 15) is 5.11 Å². The molecule has 3 aromatic rings. The molecular weight excluding hydrogens is 395 g/mol. The van der Waals surface area contributed by atoms with Crippen molar-refractivity contribution in [2.45, 2.75) is 12.5 Å². The van der Waals surface area contributed by atoms with Crippen LogP contribution in [-0.4, -0.2) is 5.11 Å². The highest BCUT2D eigenvalue weighted by Gasteiger charge is 2.10. The average Bonchev–Trinajstić information content (AvgIpc) is 2.50. The second-order valence-corrected chi connectivity index (χ2v) is 6.64. The summed E-state index contributed by atoms with van der Waals surface area (Å²) in [5.41, 5.74) is 1.98. The summed E-state index contributed by atoms with van der Waals surface area (Å²) >= 11 is 8.30. The summed E-state index contributed by atoms with van der Waals surface area (Å²) in [7, 11) is 0. The number of hydrogen-bond donors (Lipinski definition) is 1. The molecule has 0 aromatic heterocycles. The van der Waals surface area contributed by atoms with E-state index in [1.54, 1.807) is 0 Å². The van der Waals surface area contributed by atoms with Crippen molar-refractivity contribution in [1.29, 1.82) is 0 Å². The number of benzene rings is 3. The van der Waals surface area contributed by atoms with Crippen LogP contribution >= 0.6 is 34.2 Å². The first kappa shape index (κ1) is 14.8. The third-order valence-corrected chi connectivity index (χ3v) is 5.14. The summed E-state index contributed by atoms with van der Waals surface area (Å²) in [6.07, 6.45) is 0.0440. The SMILES string of the molecule is OC(Cc1ccc2ccccc2c1)c1ccc(I)c(Cl)c1. The fraction of sp³-hybridized carbons (Fsp3) is 0.111. The Kier molecular flexibility index (Phi) is 4.48. The maximum Gasteiger partial charge on any atom is 0.0830 e. The van der Waals surface area contributed by atoms with Crippen LogP contribution in [0.4, 0.5) is 0 Å². The van der Waals surface area contributed by atoms with Gasteiger partial charge in [-0.2, -0.15) is 0 Å². The van der Waals surface area contributed by atoms with Crippen LogP contribution in [0.5, 0.6) is 0 Å². The summed E-state index contributed by atoms with van der Waals surface area (Å²) in [6, 6.07) is 20.2. The number of aliphatic hydroxyl groups is 1. The van der Waals surface area contributed by atoms with Crippen molar-refractivity contribution in [2.75, 3.05) is 0 Å². The van der Waals surface area contributed by atoms with E-state index in [0.717, 1.165) is 14.7 Å². The van der Waals surface area contributed by atoms with Crippen molar-refractivity contribution in [3.05, 3.63) is 80.4 Å². The number of hydrogen-bond acceptors (Lipinski definition) is 1. The van der Waals surface area contributed by atoms with Crippen molar-refractivity contribution in [3.8, 4) is 0 Å². The van der Waals surface area contributed by atoms with Crippen LogP contribution < -0.4 is 0 Å². The van der Waals surface area contributed by atoms with E-state index < -0.39 is 6.10 Å². The molecule has 0 saturated carbocycles. The Morgan fingerprint density at radius 1 is 0.952 bits per heavy atom. The number of rotatable bonds is 3. The monoisotopic (exact) mass is 408 g/mol. The molecule has 0 aliphatic heterocycles. The van der Waals surface area contributed by atoms with E-state index in [0.29, 0.717) is 11.4 Å². The summed E-state index contributed by atoms with van der Waals surface area (Å²) in [5, 5.41) is 13.5. The first-order valence-electron chi connectivity index (χ1n) is 6.74. The molecule has 0 saturated heterocycles. The number of halogens is 2. The maximum atomic E-state index is 10.4. The Morgan fingerprint density at radius 2 is 1.71 bits per heavy atom. The lowest BCUT2D eigenvalue weighted by atomic mass is 9.99. The highest BCUT2D eigenvalue weighted by Crippen LogP contribution is 2.26. The van der Waals surface area contributed by atoms with Gasteiger partial charge in [-0.3, -0.25) is 0 Å². The van der Waals surface area contributed by atoms with Crippen LogP contribution in [0.25, 0.3) is 10.8 Å². The maximum absolute atomic E-state index is 10.4. The van der Waals surface area contributed by atoms with E-state index in [1.807, 2.05) is 30.3 Å². The van der Waals surface area contributed by atoms with E-state index in [-0.39, 0.29) is 0 Å². The first-order chi connectivity index (χ1) is 10.1. The van der Waals surface area contributed by atoms with Gasteiger partial charge in [0.25, 0.3) is 0 Å². The topological polar surface area (TPSA) is 20.2 Å². The van der Waals surface area contributed by atoms with Gasteiger partial charge in [0.05, 0.1) is 11.1 Å². The molecule has 0 spiro atoms. The van der Waals surface area contributed by atoms with E-state index in [4.69, 9.17) is 11.6 Å². The summed E-state index contributed by atoms with van der Waals surface area (Å²) in [5.74, 6) is 0. The molecule has 3 heteroatoms. The van der Waals surface area contributed by atoms with Gasteiger partial charge in [0.2, 0.25) is 0 Å². The van der Waals surface area contributed by atoms with Gasteiger partial charge in [-0.15, -0.1) is 0 Å². The minimum absolute atomic E-state index is 0.541. The lowest BCUT2D eigenvalue weighted by Gasteiger charge is -2.12. The smallest absolute Gasteiger partial charge is 0.0830 e. The van der Waals surface area contributed by atoms with Crippen LogP contribution in [0.15, 0.2) is 60.7 Å². The molecule has 1 nitrogen and oxygen atoms in total. The predicted molar refractivity (Wildman–Crippen MR) is 96.8 cm³/mol. The minimum atomic E-state index is -0.541. The standard InChI is InChI=1S/C18H14ClIO/c19-16-11-15(7-8-17(16)20)18(21)10-12-5-6-13-3-1-2-4-14(13)9-12/h1-9,11,18,21H,10H2. The van der Waals surface area contributed by atoms with Crippen molar-refractivity contribution in [3.63, 3.8) is 0 Å². The first-order valence-corrected chi connectivity index (χ1v) is 8.20. The Morgan fingerprint density at radius 3 is 2.48 bits per heavy atom. The zero-order valence-electron chi connectivity index (χ0n) is 11.3. The molecule has 0 bridgehead atoms. The lowest BCUT2D eigenvalue weighted by Crippen LogP contribution is -2.02. The summed E-state index contributed by atoms with van der Waals surface area (Å²) < 4.78 is 0.996. The zero-order chi connectivity index (χ0) is 14.8. The van der Waals surface area contributed by atoms with Crippen LogP contribution in [0, 0.1) is 3.57 Å². The van der Waals surface area contributed by atoms with E-state index in [1.165, 1.54) is 10.8 Å². The third-order valence-electron chi connectivity index (χ3n) is 3.57. The van der Waals surface area contributed by atoms with Gasteiger partial charge in [0.15, 0.2) is 0 Å². The van der Waals surface area contributed by atoms with Crippen LogP contribution in [0.3, 0.4) is 0 Å². The van der Waals surface area contributed by atoms with E-state index in [2.05, 4.69) is 52.9 Å². The van der Waals surface area contributed by atoms with E-state index >= 15 is 0 Å². The van der Waals surface area contributed by atoms with Gasteiger partial charge < -0.3 is 5.11 Å². The molecule has 0 heterocycles. The fourth-order valence-corrected chi connectivity index (χ4v) is 2.95. The molecule has 1 unspecified atom stereocenters. The second-order valence-electron chi connectivity index (χ2n) is 5.07. The molecule has 0 aliphatic rings. The van der Waals surface area contributed by atoms with Gasteiger partial charge in [0, 0.05) is 9.99 Å². The van der Waals surface area contributed by atoms with Crippen LogP contribution in [0.1, 0.15) is 17.2 Å².